The van der Waals surface area contributed by atoms with Gasteiger partial charge in [0.15, 0.2) is 0 Å². The van der Waals surface area contributed by atoms with E-state index in [0.717, 1.165) is 51.4 Å². The molecule has 0 saturated carbocycles. The van der Waals surface area contributed by atoms with Crippen LogP contribution in [0.5, 0.6) is 0 Å². The topological polar surface area (TPSA) is 95.9 Å². The number of carbonyl (C=O) groups is 2. The summed E-state index contributed by atoms with van der Waals surface area (Å²) in [6.07, 6.45) is 67.6. The minimum Gasteiger partial charge on any atom is -0.466 e. The largest absolute Gasteiger partial charge is 0.466 e. The molecule has 0 radical (unpaired) electrons. The van der Waals surface area contributed by atoms with E-state index >= 15 is 0 Å². The minimum atomic E-state index is -0.660. The number of hydrogen-bond acceptors (Lipinski definition) is 5. The third-order valence-electron chi connectivity index (χ3n) is 13.7. The molecule has 2 atom stereocenters. The normalized spacial score (nSPS) is 12.7. The van der Waals surface area contributed by atoms with Crippen LogP contribution >= 0.6 is 0 Å². The molecule has 0 fully saturated rings. The van der Waals surface area contributed by atoms with Crippen LogP contribution in [0.2, 0.25) is 0 Å². The van der Waals surface area contributed by atoms with E-state index in [0.29, 0.717) is 25.9 Å². The highest BCUT2D eigenvalue weighted by atomic mass is 16.5. The number of hydrogen-bond donors (Lipinski definition) is 3. The Morgan fingerprint density at radius 2 is 0.788 bits per heavy atom. The summed E-state index contributed by atoms with van der Waals surface area (Å²) in [6, 6.07) is -0.537. The van der Waals surface area contributed by atoms with Gasteiger partial charge in [-0.3, -0.25) is 9.59 Å². The predicted octanol–water partition coefficient (Wildman–Crippen LogP) is 18.2. The lowest BCUT2D eigenvalue weighted by Gasteiger charge is -2.22. The second kappa shape index (κ2) is 55.9. The highest BCUT2D eigenvalue weighted by Crippen LogP contribution is 2.18. The Hall–Kier alpha value is -1.66. The number of amides is 1. The van der Waals surface area contributed by atoms with Crippen molar-refractivity contribution in [1.82, 2.24) is 5.32 Å². The summed E-state index contributed by atoms with van der Waals surface area (Å²) >= 11 is 0. The van der Waals surface area contributed by atoms with Gasteiger partial charge in [0, 0.05) is 12.8 Å². The Balaban J connectivity index is 3.33. The monoisotopic (exact) mass is 930 g/mol. The summed E-state index contributed by atoms with van der Waals surface area (Å²) in [6.45, 7) is 4.88. The molecule has 3 N–H and O–H groups in total. The van der Waals surface area contributed by atoms with Gasteiger partial charge < -0.3 is 20.3 Å². The number of carbonyl (C=O) groups excluding carboxylic acids is 2. The van der Waals surface area contributed by atoms with Gasteiger partial charge >= 0.3 is 5.97 Å². The molecule has 6 nitrogen and oxygen atoms in total. The molecule has 1 amide bonds. The highest BCUT2D eigenvalue weighted by molar-refractivity contribution is 5.76. The molecule has 0 bridgehead atoms. The van der Waals surface area contributed by atoms with Crippen molar-refractivity contribution < 1.29 is 24.5 Å². The molecule has 0 heterocycles. The fourth-order valence-corrected chi connectivity index (χ4v) is 9.21. The average Bonchev–Trinajstić information content (AvgIpc) is 3.32. The maximum Gasteiger partial charge on any atom is 0.305 e. The number of allylic oxidation sites excluding steroid dienone is 4. The molecule has 66 heavy (non-hydrogen) atoms. The van der Waals surface area contributed by atoms with E-state index in [1.54, 1.807) is 0 Å². The third-order valence-corrected chi connectivity index (χ3v) is 13.7. The fourth-order valence-electron chi connectivity index (χ4n) is 9.21. The molecule has 0 spiro atoms. The third kappa shape index (κ3) is 51.7. The first-order valence-corrected chi connectivity index (χ1v) is 29.6. The van der Waals surface area contributed by atoms with Crippen LogP contribution in [-0.4, -0.2) is 47.4 Å². The van der Waals surface area contributed by atoms with Crippen molar-refractivity contribution in [2.45, 2.75) is 334 Å². The average molecular weight is 931 g/mol. The predicted molar refractivity (Wildman–Crippen MR) is 287 cm³/mol. The van der Waals surface area contributed by atoms with Gasteiger partial charge in [0.1, 0.15) is 0 Å². The summed E-state index contributed by atoms with van der Waals surface area (Å²) in [5.74, 6) is -0.0318. The molecule has 2 unspecified atom stereocenters. The van der Waals surface area contributed by atoms with Gasteiger partial charge in [0.2, 0.25) is 5.91 Å². The lowest BCUT2D eigenvalue weighted by atomic mass is 10.0. The number of unbranched alkanes of at least 4 members (excludes halogenated alkanes) is 40. The zero-order valence-electron chi connectivity index (χ0n) is 44.4. The van der Waals surface area contributed by atoms with Crippen molar-refractivity contribution in [3.05, 3.63) is 24.3 Å². The maximum absolute atomic E-state index is 12.4. The molecule has 390 valence electrons. The van der Waals surface area contributed by atoms with Crippen molar-refractivity contribution in [2.75, 3.05) is 13.2 Å². The number of aliphatic hydroxyl groups excluding tert-OH is 2. The van der Waals surface area contributed by atoms with Crippen LogP contribution < -0.4 is 5.32 Å². The quantitative estimate of drug-likeness (QED) is 0.0321. The molecular formula is C60H115NO5. The second-order valence-corrected chi connectivity index (χ2v) is 20.3. The van der Waals surface area contributed by atoms with Crippen molar-refractivity contribution in [1.29, 1.82) is 0 Å². The minimum absolute atomic E-state index is 0.00184. The Kier molecular flexibility index (Phi) is 54.5. The first-order chi connectivity index (χ1) is 32.5. The van der Waals surface area contributed by atoms with E-state index in [9.17, 15) is 19.8 Å². The first kappa shape index (κ1) is 64.3. The van der Waals surface area contributed by atoms with E-state index in [2.05, 4.69) is 43.5 Å². The van der Waals surface area contributed by atoms with E-state index in [-0.39, 0.29) is 18.5 Å². The summed E-state index contributed by atoms with van der Waals surface area (Å²) in [4.78, 5) is 24.4. The molecule has 0 aromatic rings. The van der Waals surface area contributed by atoms with Crippen molar-refractivity contribution in [3.63, 3.8) is 0 Å². The molecule has 0 aliphatic rings. The SMILES string of the molecule is CCC/C=C\C/C=C\CCCCCCCC(=O)OCCCCCCCCCCCCCCCCCCCCCCCCCCCCC(=O)NC(CO)C(O)CCCCCCCCCCCC. The maximum atomic E-state index is 12.4. The highest BCUT2D eigenvalue weighted by Gasteiger charge is 2.20. The summed E-state index contributed by atoms with van der Waals surface area (Å²) in [7, 11) is 0. The summed E-state index contributed by atoms with van der Waals surface area (Å²) in [5.41, 5.74) is 0. The Morgan fingerprint density at radius 3 is 1.21 bits per heavy atom. The molecule has 0 aliphatic heterocycles. The number of nitrogens with one attached hydrogen (secondary N) is 1. The zero-order chi connectivity index (χ0) is 47.9. The summed E-state index contributed by atoms with van der Waals surface area (Å²) in [5, 5.41) is 23.1. The van der Waals surface area contributed by atoms with Gasteiger partial charge in [-0.25, -0.2) is 0 Å². The van der Waals surface area contributed by atoms with Gasteiger partial charge in [-0.2, -0.15) is 0 Å². The van der Waals surface area contributed by atoms with Crippen LogP contribution in [0.3, 0.4) is 0 Å². The van der Waals surface area contributed by atoms with E-state index in [1.165, 1.54) is 238 Å². The molecular weight excluding hydrogens is 815 g/mol. The zero-order valence-corrected chi connectivity index (χ0v) is 44.4. The number of ether oxygens (including phenoxy) is 1. The van der Waals surface area contributed by atoms with Gasteiger partial charge in [-0.05, 0) is 51.4 Å². The van der Waals surface area contributed by atoms with Crippen molar-refractivity contribution >= 4 is 11.9 Å². The van der Waals surface area contributed by atoms with E-state index in [1.807, 2.05) is 0 Å². The van der Waals surface area contributed by atoms with Gasteiger partial charge in [0.25, 0.3) is 0 Å². The Labute approximate surface area is 411 Å². The van der Waals surface area contributed by atoms with Crippen LogP contribution in [0.25, 0.3) is 0 Å². The van der Waals surface area contributed by atoms with Gasteiger partial charge in [-0.1, -0.05) is 282 Å². The lowest BCUT2D eigenvalue weighted by molar-refractivity contribution is -0.143. The van der Waals surface area contributed by atoms with Crippen LogP contribution in [0.4, 0.5) is 0 Å². The summed E-state index contributed by atoms with van der Waals surface area (Å²) < 4.78 is 5.47. The molecule has 0 aromatic heterocycles. The molecule has 0 saturated heterocycles. The molecule has 0 aliphatic carbocycles. The van der Waals surface area contributed by atoms with Crippen molar-refractivity contribution in [2.24, 2.45) is 0 Å². The number of aliphatic hydroxyl groups is 2. The van der Waals surface area contributed by atoms with E-state index < -0.39 is 12.1 Å². The molecule has 0 aromatic carbocycles. The first-order valence-electron chi connectivity index (χ1n) is 29.6. The molecule has 6 heteroatoms. The van der Waals surface area contributed by atoms with Gasteiger partial charge in [-0.15, -0.1) is 0 Å². The van der Waals surface area contributed by atoms with Crippen molar-refractivity contribution in [3.8, 4) is 0 Å². The number of esters is 1. The van der Waals surface area contributed by atoms with Crippen LogP contribution in [-0.2, 0) is 14.3 Å². The Morgan fingerprint density at radius 1 is 0.424 bits per heavy atom. The van der Waals surface area contributed by atoms with Crippen LogP contribution in [0.1, 0.15) is 322 Å². The van der Waals surface area contributed by atoms with Gasteiger partial charge in [0.05, 0.1) is 25.4 Å². The van der Waals surface area contributed by atoms with Crippen LogP contribution in [0.15, 0.2) is 24.3 Å². The van der Waals surface area contributed by atoms with Crippen LogP contribution in [0, 0.1) is 0 Å². The second-order valence-electron chi connectivity index (χ2n) is 20.3. The smallest absolute Gasteiger partial charge is 0.305 e. The standard InChI is InChI=1S/C60H115NO5/c1-3-5-7-9-11-13-15-30-34-38-42-46-50-54-60(65)66-55-51-47-43-39-35-32-29-27-25-23-21-19-17-16-18-20-22-24-26-28-31-33-37-41-45-49-53-59(64)61-57(56-62)58(63)52-48-44-40-36-14-12-10-8-6-4-2/h7,9,13,15,57-58,62-63H,3-6,8,10-12,14,16-56H2,1-2H3,(H,61,64)/b9-7-,15-13-. The Bertz CT molecular complexity index is 1030. The van der Waals surface area contributed by atoms with E-state index in [4.69, 9.17) is 4.74 Å². The number of rotatable bonds is 55. The fraction of sp³-hybridized carbons (Fsp3) is 0.900. The molecule has 0 rings (SSSR count). The lowest BCUT2D eigenvalue weighted by Crippen LogP contribution is -2.45.